The van der Waals surface area contributed by atoms with Crippen molar-refractivity contribution in [2.45, 2.75) is 13.0 Å². The van der Waals surface area contributed by atoms with Gasteiger partial charge >= 0.3 is 5.97 Å². The number of carboxylic acids is 1. The summed E-state index contributed by atoms with van der Waals surface area (Å²) < 4.78 is 1.98. The van der Waals surface area contributed by atoms with Gasteiger partial charge in [-0.15, -0.1) is 0 Å². The summed E-state index contributed by atoms with van der Waals surface area (Å²) in [6, 6.07) is 2.01. The molecule has 1 aliphatic heterocycles. The lowest BCUT2D eigenvalue weighted by Crippen LogP contribution is -2.46. The number of aliphatic carboxylic acids is 1. The molecule has 1 N–H and O–H groups in total. The van der Waals surface area contributed by atoms with Crippen LogP contribution in [0.25, 0.3) is 0 Å². The first-order chi connectivity index (χ1) is 9.54. The Labute approximate surface area is 135 Å². The van der Waals surface area contributed by atoms with Crippen LogP contribution in [0.3, 0.4) is 0 Å². The third-order valence-electron chi connectivity index (χ3n) is 3.36. The predicted octanol–water partition coefficient (Wildman–Crippen LogP) is 2.20. The van der Waals surface area contributed by atoms with Crippen LogP contribution in [-0.2, 0) is 11.3 Å². The number of carboxylic acid groups (broad SMARTS) is 1. The molecule has 5 nitrogen and oxygen atoms in total. The zero-order valence-electron chi connectivity index (χ0n) is 11.1. The number of piperazine rings is 1. The molecule has 0 bridgehead atoms. The van der Waals surface area contributed by atoms with Gasteiger partial charge in [0.25, 0.3) is 0 Å². The molecular formula is C13H17Br2N3O2. The Kier molecular flexibility index (Phi) is 5.95. The molecule has 1 aliphatic rings. The van der Waals surface area contributed by atoms with E-state index in [0.29, 0.717) is 6.54 Å². The highest BCUT2D eigenvalue weighted by molar-refractivity contribution is 9.11. The van der Waals surface area contributed by atoms with Gasteiger partial charge in [-0.2, -0.15) is 0 Å². The number of aromatic nitrogens is 1. The highest BCUT2D eigenvalue weighted by Gasteiger charge is 2.18. The highest BCUT2D eigenvalue weighted by Crippen LogP contribution is 2.21. The minimum Gasteiger partial charge on any atom is -0.481 e. The largest absolute Gasteiger partial charge is 0.481 e. The second-order valence-corrected chi connectivity index (χ2v) is 6.61. The first-order valence-electron chi connectivity index (χ1n) is 6.51. The molecule has 0 atom stereocenters. The van der Waals surface area contributed by atoms with Crippen LogP contribution < -0.4 is 0 Å². The molecule has 2 heterocycles. The lowest BCUT2D eigenvalue weighted by molar-refractivity contribution is -0.137. The molecular weight excluding hydrogens is 390 g/mol. The summed E-state index contributed by atoms with van der Waals surface area (Å²) in [5, 5.41) is 8.69. The topological polar surface area (TPSA) is 56.7 Å². The first-order valence-corrected chi connectivity index (χ1v) is 8.09. The number of carbonyl (C=O) groups is 1. The van der Waals surface area contributed by atoms with Gasteiger partial charge in [-0.25, -0.2) is 0 Å². The average Bonchev–Trinajstić information content (AvgIpc) is 2.41. The van der Waals surface area contributed by atoms with Crippen LogP contribution in [0.2, 0.25) is 0 Å². The second kappa shape index (κ2) is 7.49. The van der Waals surface area contributed by atoms with Crippen molar-refractivity contribution in [1.29, 1.82) is 0 Å². The van der Waals surface area contributed by atoms with Gasteiger partial charge in [0.1, 0.15) is 0 Å². The summed E-state index contributed by atoms with van der Waals surface area (Å²) in [4.78, 5) is 19.5. The first kappa shape index (κ1) is 15.9. The van der Waals surface area contributed by atoms with Crippen molar-refractivity contribution in [3.63, 3.8) is 0 Å². The fourth-order valence-corrected chi connectivity index (χ4v) is 3.31. The molecule has 1 aromatic rings. The maximum absolute atomic E-state index is 10.6. The number of hydrogen-bond acceptors (Lipinski definition) is 4. The van der Waals surface area contributed by atoms with Crippen LogP contribution in [0.5, 0.6) is 0 Å². The Morgan fingerprint density at radius 1 is 1.25 bits per heavy atom. The van der Waals surface area contributed by atoms with E-state index in [2.05, 4.69) is 46.6 Å². The van der Waals surface area contributed by atoms with Crippen molar-refractivity contribution in [3.05, 3.63) is 26.9 Å². The number of halogens is 2. The smallest absolute Gasteiger partial charge is 0.304 e. The SMILES string of the molecule is O=C(O)CCN1CCN(Cc2ncc(Br)cc2Br)CC1. The minimum atomic E-state index is -0.726. The molecule has 7 heteroatoms. The van der Waals surface area contributed by atoms with E-state index in [1.54, 1.807) is 0 Å². The van der Waals surface area contributed by atoms with Gasteiger partial charge in [0.05, 0.1) is 12.1 Å². The third-order valence-corrected chi connectivity index (χ3v) is 4.48. The van der Waals surface area contributed by atoms with Gasteiger partial charge in [0.15, 0.2) is 0 Å². The molecule has 0 aromatic carbocycles. The molecule has 0 aliphatic carbocycles. The van der Waals surface area contributed by atoms with Gasteiger partial charge in [-0.1, -0.05) is 0 Å². The molecule has 0 saturated carbocycles. The lowest BCUT2D eigenvalue weighted by Gasteiger charge is -2.34. The van der Waals surface area contributed by atoms with E-state index in [1.807, 2.05) is 12.3 Å². The zero-order chi connectivity index (χ0) is 14.5. The predicted molar refractivity (Wildman–Crippen MR) is 83.6 cm³/mol. The number of pyridine rings is 1. The summed E-state index contributed by atoms with van der Waals surface area (Å²) in [5.41, 5.74) is 1.03. The molecule has 2 rings (SSSR count). The molecule has 20 heavy (non-hydrogen) atoms. The lowest BCUT2D eigenvalue weighted by atomic mass is 10.2. The van der Waals surface area contributed by atoms with E-state index in [1.165, 1.54) is 0 Å². The van der Waals surface area contributed by atoms with Crippen LogP contribution in [0.15, 0.2) is 21.2 Å². The van der Waals surface area contributed by atoms with Crippen LogP contribution in [0, 0.1) is 0 Å². The van der Waals surface area contributed by atoms with Gasteiger partial charge in [0, 0.05) is 54.4 Å². The third kappa shape index (κ3) is 4.80. The van der Waals surface area contributed by atoms with Crippen LogP contribution >= 0.6 is 31.9 Å². The van der Waals surface area contributed by atoms with E-state index < -0.39 is 5.97 Å². The van der Waals surface area contributed by atoms with Crippen molar-refractivity contribution < 1.29 is 9.90 Å². The molecule has 1 saturated heterocycles. The maximum atomic E-state index is 10.6. The van der Waals surface area contributed by atoms with E-state index in [0.717, 1.165) is 47.4 Å². The van der Waals surface area contributed by atoms with Crippen molar-refractivity contribution >= 4 is 37.8 Å². The molecule has 0 radical (unpaired) electrons. The summed E-state index contributed by atoms with van der Waals surface area (Å²) in [5.74, 6) is -0.726. The van der Waals surface area contributed by atoms with Gasteiger partial charge < -0.3 is 10.0 Å². The summed E-state index contributed by atoms with van der Waals surface area (Å²) in [6.07, 6.45) is 2.03. The Morgan fingerprint density at radius 2 is 1.90 bits per heavy atom. The number of hydrogen-bond donors (Lipinski definition) is 1. The Balaban J connectivity index is 1.80. The summed E-state index contributed by atoms with van der Waals surface area (Å²) in [7, 11) is 0. The zero-order valence-corrected chi connectivity index (χ0v) is 14.2. The van der Waals surface area contributed by atoms with Gasteiger partial charge in [-0.05, 0) is 37.9 Å². The van der Waals surface area contributed by atoms with Crippen LogP contribution in [-0.4, -0.2) is 58.6 Å². The van der Waals surface area contributed by atoms with Crippen molar-refractivity contribution in [2.24, 2.45) is 0 Å². The second-order valence-electron chi connectivity index (χ2n) is 4.84. The molecule has 0 unspecified atom stereocenters. The molecule has 1 fully saturated rings. The quantitative estimate of drug-likeness (QED) is 0.812. The van der Waals surface area contributed by atoms with Crippen molar-refractivity contribution in [3.8, 4) is 0 Å². The number of nitrogens with zero attached hydrogens (tertiary/aromatic N) is 3. The number of rotatable bonds is 5. The molecule has 1 aromatic heterocycles. The van der Waals surface area contributed by atoms with Crippen LogP contribution in [0.1, 0.15) is 12.1 Å². The summed E-state index contributed by atoms with van der Waals surface area (Å²) >= 11 is 6.93. The Hall–Kier alpha value is -0.500. The Morgan fingerprint density at radius 3 is 2.50 bits per heavy atom. The minimum absolute atomic E-state index is 0.222. The fraction of sp³-hybridized carbons (Fsp3) is 0.538. The molecule has 110 valence electrons. The average molecular weight is 407 g/mol. The summed E-state index contributed by atoms with van der Waals surface area (Å²) in [6.45, 7) is 5.19. The molecule has 0 amide bonds. The van der Waals surface area contributed by atoms with Crippen molar-refractivity contribution in [1.82, 2.24) is 14.8 Å². The van der Waals surface area contributed by atoms with E-state index in [-0.39, 0.29) is 6.42 Å². The highest BCUT2D eigenvalue weighted by atomic mass is 79.9. The standard InChI is InChI=1S/C13H17Br2N3O2/c14-10-7-11(15)12(16-8-10)9-18-5-3-17(4-6-18)2-1-13(19)20/h7-8H,1-6,9H2,(H,19,20). The van der Waals surface area contributed by atoms with E-state index >= 15 is 0 Å². The van der Waals surface area contributed by atoms with E-state index in [4.69, 9.17) is 5.11 Å². The fourth-order valence-electron chi connectivity index (χ4n) is 2.20. The van der Waals surface area contributed by atoms with Gasteiger partial charge in [-0.3, -0.25) is 14.7 Å². The normalized spacial score (nSPS) is 17.3. The van der Waals surface area contributed by atoms with Crippen LogP contribution in [0.4, 0.5) is 0 Å². The van der Waals surface area contributed by atoms with E-state index in [9.17, 15) is 4.79 Å². The van der Waals surface area contributed by atoms with Gasteiger partial charge in [0.2, 0.25) is 0 Å². The Bertz CT molecular complexity index is 477. The van der Waals surface area contributed by atoms with Crippen molar-refractivity contribution in [2.75, 3.05) is 32.7 Å². The molecule has 0 spiro atoms. The maximum Gasteiger partial charge on any atom is 0.304 e. The monoisotopic (exact) mass is 405 g/mol.